The summed E-state index contributed by atoms with van der Waals surface area (Å²) in [5.41, 5.74) is 1.16. The van der Waals surface area contributed by atoms with Crippen molar-refractivity contribution in [3.63, 3.8) is 0 Å². The second kappa shape index (κ2) is 5.29. The van der Waals surface area contributed by atoms with E-state index in [4.69, 9.17) is 0 Å². The van der Waals surface area contributed by atoms with Crippen molar-refractivity contribution in [3.05, 3.63) is 35.9 Å². The topological polar surface area (TPSA) is 52.6 Å². The number of amides is 1. The quantitative estimate of drug-likeness (QED) is 0.794. The van der Waals surface area contributed by atoms with Crippen LogP contribution in [0.4, 0.5) is 0 Å². The van der Waals surface area contributed by atoms with E-state index in [0.29, 0.717) is 13.1 Å². The van der Waals surface area contributed by atoms with Gasteiger partial charge in [-0.1, -0.05) is 30.3 Å². The molecule has 1 heterocycles. The summed E-state index contributed by atoms with van der Waals surface area (Å²) in [5, 5.41) is 12.1. The molecule has 0 radical (unpaired) electrons. The summed E-state index contributed by atoms with van der Waals surface area (Å²) >= 11 is 0. The minimum Gasteiger partial charge on any atom is -0.394 e. The van der Waals surface area contributed by atoms with Crippen LogP contribution < -0.4 is 5.32 Å². The summed E-state index contributed by atoms with van der Waals surface area (Å²) < 4.78 is 0. The van der Waals surface area contributed by atoms with E-state index in [1.54, 1.807) is 0 Å². The lowest BCUT2D eigenvalue weighted by Crippen LogP contribution is -2.60. The molecule has 4 heteroatoms. The second-order valence-corrected chi connectivity index (χ2v) is 4.45. The number of aliphatic hydroxyl groups excluding tert-OH is 1. The molecule has 4 nitrogen and oxygen atoms in total. The van der Waals surface area contributed by atoms with Gasteiger partial charge in [0.2, 0.25) is 5.91 Å². The summed E-state index contributed by atoms with van der Waals surface area (Å²) in [5.74, 6) is -0.0819. The number of hydrogen-bond donors (Lipinski definition) is 2. The van der Waals surface area contributed by atoms with E-state index in [2.05, 4.69) is 12.2 Å². The molecular formula is C13H18N2O2. The molecule has 1 aromatic carbocycles. The number of carbonyl (C=O) groups is 1. The fourth-order valence-corrected chi connectivity index (χ4v) is 2.19. The molecule has 1 amide bonds. The summed E-state index contributed by atoms with van der Waals surface area (Å²) in [4.78, 5) is 13.7. The molecular weight excluding hydrogens is 216 g/mol. The van der Waals surface area contributed by atoms with Crippen LogP contribution in [-0.2, 0) is 11.3 Å². The molecule has 0 spiro atoms. The predicted molar refractivity (Wildman–Crippen MR) is 65.3 cm³/mol. The maximum atomic E-state index is 11.7. The summed E-state index contributed by atoms with van der Waals surface area (Å²) in [7, 11) is 0. The molecule has 1 aromatic rings. The van der Waals surface area contributed by atoms with Crippen molar-refractivity contribution in [3.8, 4) is 0 Å². The molecule has 0 saturated carbocycles. The van der Waals surface area contributed by atoms with Crippen LogP contribution in [0, 0.1) is 0 Å². The van der Waals surface area contributed by atoms with Crippen LogP contribution in [0.15, 0.2) is 30.3 Å². The monoisotopic (exact) mass is 234 g/mol. The average molecular weight is 234 g/mol. The van der Waals surface area contributed by atoms with Crippen molar-refractivity contribution in [1.29, 1.82) is 0 Å². The van der Waals surface area contributed by atoms with Crippen molar-refractivity contribution in [1.82, 2.24) is 10.2 Å². The zero-order chi connectivity index (χ0) is 12.3. The molecule has 2 atom stereocenters. The third kappa shape index (κ3) is 2.65. The van der Waals surface area contributed by atoms with Gasteiger partial charge in [0.1, 0.15) is 6.04 Å². The first kappa shape index (κ1) is 12.1. The number of piperazine rings is 1. The Kier molecular flexibility index (Phi) is 3.76. The third-order valence-electron chi connectivity index (χ3n) is 3.22. The molecule has 17 heavy (non-hydrogen) atoms. The Hall–Kier alpha value is -1.39. The van der Waals surface area contributed by atoms with Crippen molar-refractivity contribution >= 4 is 5.91 Å². The van der Waals surface area contributed by atoms with Crippen LogP contribution in [0.1, 0.15) is 12.5 Å². The first-order chi connectivity index (χ1) is 8.22. The van der Waals surface area contributed by atoms with Crippen molar-refractivity contribution in [2.75, 3.05) is 13.2 Å². The number of nitrogens with one attached hydrogen (secondary N) is 1. The van der Waals surface area contributed by atoms with Crippen LogP contribution in [0.25, 0.3) is 0 Å². The Labute approximate surface area is 101 Å². The van der Waals surface area contributed by atoms with Gasteiger partial charge in [0.25, 0.3) is 0 Å². The lowest BCUT2D eigenvalue weighted by molar-refractivity contribution is -0.133. The smallest absolute Gasteiger partial charge is 0.239 e. The van der Waals surface area contributed by atoms with Gasteiger partial charge >= 0.3 is 0 Å². The molecule has 0 aromatic heterocycles. The minimum atomic E-state index is -0.432. The molecule has 1 saturated heterocycles. The number of aliphatic hydroxyl groups is 1. The molecule has 0 aliphatic carbocycles. The Bertz CT molecular complexity index is 380. The van der Waals surface area contributed by atoms with Gasteiger partial charge in [0, 0.05) is 19.1 Å². The third-order valence-corrected chi connectivity index (χ3v) is 3.22. The second-order valence-electron chi connectivity index (χ2n) is 4.45. The van der Waals surface area contributed by atoms with Crippen molar-refractivity contribution in [2.45, 2.75) is 25.6 Å². The van der Waals surface area contributed by atoms with Crippen molar-refractivity contribution in [2.24, 2.45) is 0 Å². The predicted octanol–water partition coefficient (Wildman–Crippen LogP) is 0.368. The van der Waals surface area contributed by atoms with Crippen LogP contribution >= 0.6 is 0 Å². The van der Waals surface area contributed by atoms with E-state index in [9.17, 15) is 9.90 Å². The van der Waals surface area contributed by atoms with Crippen LogP contribution in [0.5, 0.6) is 0 Å². The van der Waals surface area contributed by atoms with Gasteiger partial charge in [-0.15, -0.1) is 0 Å². The van der Waals surface area contributed by atoms with Gasteiger partial charge in [-0.05, 0) is 12.5 Å². The SMILES string of the molecule is CC1CNC(=O)C(CO)N1Cc1ccccc1. The fourth-order valence-electron chi connectivity index (χ4n) is 2.19. The lowest BCUT2D eigenvalue weighted by Gasteiger charge is -2.39. The van der Waals surface area contributed by atoms with E-state index in [1.807, 2.05) is 35.2 Å². The zero-order valence-electron chi connectivity index (χ0n) is 9.97. The fraction of sp³-hybridized carbons (Fsp3) is 0.462. The molecule has 2 rings (SSSR count). The minimum absolute atomic E-state index is 0.0819. The number of hydrogen-bond acceptors (Lipinski definition) is 3. The highest BCUT2D eigenvalue weighted by Gasteiger charge is 2.33. The molecule has 1 aliphatic heterocycles. The Morgan fingerprint density at radius 2 is 2.12 bits per heavy atom. The van der Waals surface area contributed by atoms with Gasteiger partial charge in [0.05, 0.1) is 6.61 Å². The number of benzene rings is 1. The standard InChI is InChI=1S/C13H18N2O2/c1-10-7-14-13(17)12(9-16)15(10)8-11-5-3-2-4-6-11/h2-6,10,12,16H,7-9H2,1H3,(H,14,17). The maximum absolute atomic E-state index is 11.7. The van der Waals surface area contributed by atoms with Crippen LogP contribution in [-0.4, -0.2) is 41.1 Å². The number of nitrogens with zero attached hydrogens (tertiary/aromatic N) is 1. The van der Waals surface area contributed by atoms with Crippen LogP contribution in [0.2, 0.25) is 0 Å². The van der Waals surface area contributed by atoms with E-state index in [-0.39, 0.29) is 18.6 Å². The lowest BCUT2D eigenvalue weighted by atomic mass is 10.1. The Morgan fingerprint density at radius 3 is 2.76 bits per heavy atom. The Balaban J connectivity index is 2.13. The van der Waals surface area contributed by atoms with Crippen LogP contribution in [0.3, 0.4) is 0 Å². The zero-order valence-corrected chi connectivity index (χ0v) is 9.97. The molecule has 1 aliphatic rings. The average Bonchev–Trinajstić information content (AvgIpc) is 2.35. The Morgan fingerprint density at radius 1 is 1.41 bits per heavy atom. The van der Waals surface area contributed by atoms with Gasteiger partial charge in [-0.2, -0.15) is 0 Å². The largest absolute Gasteiger partial charge is 0.394 e. The highest BCUT2D eigenvalue weighted by Crippen LogP contribution is 2.15. The number of rotatable bonds is 3. The van der Waals surface area contributed by atoms with Crippen molar-refractivity contribution < 1.29 is 9.90 Å². The summed E-state index contributed by atoms with van der Waals surface area (Å²) in [6.07, 6.45) is 0. The molecule has 1 fully saturated rings. The van der Waals surface area contributed by atoms with Gasteiger partial charge in [-0.3, -0.25) is 9.69 Å². The van der Waals surface area contributed by atoms with Gasteiger partial charge in [0.15, 0.2) is 0 Å². The van der Waals surface area contributed by atoms with E-state index in [0.717, 1.165) is 5.56 Å². The number of carbonyl (C=O) groups excluding carboxylic acids is 1. The summed E-state index contributed by atoms with van der Waals surface area (Å²) in [6.45, 7) is 3.26. The summed E-state index contributed by atoms with van der Waals surface area (Å²) in [6, 6.07) is 9.82. The molecule has 92 valence electrons. The van der Waals surface area contributed by atoms with Gasteiger partial charge in [-0.25, -0.2) is 0 Å². The molecule has 0 bridgehead atoms. The molecule has 2 N–H and O–H groups in total. The van der Waals surface area contributed by atoms with E-state index in [1.165, 1.54) is 0 Å². The highest BCUT2D eigenvalue weighted by atomic mass is 16.3. The van der Waals surface area contributed by atoms with E-state index >= 15 is 0 Å². The molecule has 2 unspecified atom stereocenters. The first-order valence-electron chi connectivity index (χ1n) is 5.90. The first-order valence-corrected chi connectivity index (χ1v) is 5.90. The normalized spacial score (nSPS) is 25.6. The highest BCUT2D eigenvalue weighted by molar-refractivity contribution is 5.82. The van der Waals surface area contributed by atoms with E-state index < -0.39 is 6.04 Å². The maximum Gasteiger partial charge on any atom is 0.239 e. The van der Waals surface area contributed by atoms with Gasteiger partial charge < -0.3 is 10.4 Å².